The smallest absolute Gasteiger partial charge is 0.220 e. The molecule has 1 N–H and O–H groups in total. The molecule has 0 spiro atoms. The Balaban J connectivity index is 1.57. The van der Waals surface area contributed by atoms with Crippen LogP contribution in [0, 0.1) is 5.92 Å². The van der Waals surface area contributed by atoms with Crippen molar-refractivity contribution in [3.8, 4) is 0 Å². The molecule has 0 radical (unpaired) electrons. The molecule has 0 aromatic rings. The van der Waals surface area contributed by atoms with Gasteiger partial charge in [0.05, 0.1) is 0 Å². The third-order valence-corrected chi connectivity index (χ3v) is 4.07. The predicted octanol–water partition coefficient (Wildman–Crippen LogP) is 0.929. The summed E-state index contributed by atoms with van der Waals surface area (Å²) in [5.74, 6) is 0.848. The van der Waals surface area contributed by atoms with Crippen LogP contribution in [-0.2, 0) is 4.79 Å². The van der Waals surface area contributed by atoms with Gasteiger partial charge < -0.3 is 15.1 Å². The average Bonchev–Trinajstić information content (AvgIpc) is 3.13. The third-order valence-electron chi connectivity index (χ3n) is 4.07. The van der Waals surface area contributed by atoms with Gasteiger partial charge >= 0.3 is 0 Å². The third kappa shape index (κ3) is 4.58. The molecule has 1 aliphatic heterocycles. The van der Waals surface area contributed by atoms with Gasteiger partial charge in [-0.15, -0.1) is 0 Å². The molecule has 1 heterocycles. The fraction of sp³-hybridized carbons (Fsp3) is 0.929. The predicted molar refractivity (Wildman–Crippen MR) is 73.5 cm³/mol. The SMILES string of the molecule is CN(C)CCNC(=O)CC1CCN(C2CC2)CC1. The first kappa shape index (κ1) is 13.8. The Morgan fingerprint density at radius 3 is 2.44 bits per heavy atom. The lowest BCUT2D eigenvalue weighted by Gasteiger charge is -2.31. The summed E-state index contributed by atoms with van der Waals surface area (Å²) < 4.78 is 0. The van der Waals surface area contributed by atoms with E-state index in [0.29, 0.717) is 5.92 Å². The Hall–Kier alpha value is -0.610. The summed E-state index contributed by atoms with van der Waals surface area (Å²) in [6.45, 7) is 4.11. The summed E-state index contributed by atoms with van der Waals surface area (Å²) >= 11 is 0. The lowest BCUT2D eigenvalue weighted by molar-refractivity contribution is -0.122. The van der Waals surface area contributed by atoms with Gasteiger partial charge in [0.2, 0.25) is 5.91 Å². The molecule has 4 heteroatoms. The molecule has 0 bridgehead atoms. The van der Waals surface area contributed by atoms with Gasteiger partial charge in [-0.05, 0) is 58.8 Å². The minimum atomic E-state index is 0.238. The molecule has 0 aromatic heterocycles. The van der Waals surface area contributed by atoms with Crippen molar-refractivity contribution in [1.29, 1.82) is 0 Å². The van der Waals surface area contributed by atoms with Gasteiger partial charge in [0.1, 0.15) is 0 Å². The topological polar surface area (TPSA) is 35.6 Å². The summed E-state index contributed by atoms with van der Waals surface area (Å²) in [5.41, 5.74) is 0. The van der Waals surface area contributed by atoms with Crippen molar-refractivity contribution in [2.24, 2.45) is 5.92 Å². The second-order valence-electron chi connectivity index (χ2n) is 6.07. The molecule has 104 valence electrons. The van der Waals surface area contributed by atoms with E-state index < -0.39 is 0 Å². The number of carbonyl (C=O) groups excluding carboxylic acids is 1. The maximum atomic E-state index is 11.8. The van der Waals surface area contributed by atoms with Gasteiger partial charge in [-0.2, -0.15) is 0 Å². The highest BCUT2D eigenvalue weighted by atomic mass is 16.1. The van der Waals surface area contributed by atoms with Crippen molar-refractivity contribution in [2.75, 3.05) is 40.3 Å². The van der Waals surface area contributed by atoms with Crippen molar-refractivity contribution in [1.82, 2.24) is 15.1 Å². The highest BCUT2D eigenvalue weighted by Crippen LogP contribution is 2.31. The minimum absolute atomic E-state index is 0.238. The second kappa shape index (κ2) is 6.53. The first-order valence-corrected chi connectivity index (χ1v) is 7.30. The molecule has 1 saturated heterocycles. The summed E-state index contributed by atoms with van der Waals surface area (Å²) in [5, 5.41) is 3.01. The number of hydrogen-bond donors (Lipinski definition) is 1. The Bertz CT molecular complexity index is 268. The maximum Gasteiger partial charge on any atom is 0.220 e. The van der Waals surface area contributed by atoms with Crippen molar-refractivity contribution in [3.05, 3.63) is 0 Å². The van der Waals surface area contributed by atoms with Crippen LogP contribution in [0.2, 0.25) is 0 Å². The first-order valence-electron chi connectivity index (χ1n) is 7.30. The van der Waals surface area contributed by atoms with E-state index >= 15 is 0 Å². The van der Waals surface area contributed by atoms with Crippen molar-refractivity contribution in [3.63, 3.8) is 0 Å². The van der Waals surface area contributed by atoms with Gasteiger partial charge in [0, 0.05) is 25.6 Å². The summed E-state index contributed by atoms with van der Waals surface area (Å²) in [7, 11) is 4.06. The number of carbonyl (C=O) groups is 1. The van der Waals surface area contributed by atoms with E-state index in [1.54, 1.807) is 0 Å². The maximum absolute atomic E-state index is 11.8. The molecule has 1 saturated carbocycles. The van der Waals surface area contributed by atoms with E-state index in [1.165, 1.54) is 38.8 Å². The van der Waals surface area contributed by atoms with Crippen LogP contribution in [-0.4, -0.2) is 62.0 Å². The number of rotatable bonds is 6. The van der Waals surface area contributed by atoms with Gasteiger partial charge in [-0.25, -0.2) is 0 Å². The standard InChI is InChI=1S/C14H27N3O/c1-16(2)10-7-15-14(18)11-12-5-8-17(9-6-12)13-3-4-13/h12-13H,3-11H2,1-2H3,(H,15,18). The zero-order valence-electron chi connectivity index (χ0n) is 11.8. The summed E-state index contributed by atoms with van der Waals surface area (Å²) in [6, 6.07) is 0.889. The molecule has 0 aromatic carbocycles. The molecule has 1 aliphatic carbocycles. The zero-order chi connectivity index (χ0) is 13.0. The monoisotopic (exact) mass is 253 g/mol. The van der Waals surface area contributed by atoms with Crippen LogP contribution in [0.4, 0.5) is 0 Å². The van der Waals surface area contributed by atoms with E-state index in [4.69, 9.17) is 0 Å². The fourth-order valence-electron chi connectivity index (χ4n) is 2.72. The van der Waals surface area contributed by atoms with Gasteiger partial charge in [-0.3, -0.25) is 4.79 Å². The quantitative estimate of drug-likeness (QED) is 0.765. The largest absolute Gasteiger partial charge is 0.355 e. The fourth-order valence-corrected chi connectivity index (χ4v) is 2.72. The van der Waals surface area contributed by atoms with E-state index in [2.05, 4.69) is 15.1 Å². The Morgan fingerprint density at radius 2 is 1.89 bits per heavy atom. The molecule has 0 unspecified atom stereocenters. The molecule has 0 atom stereocenters. The zero-order valence-corrected chi connectivity index (χ0v) is 11.8. The molecule has 1 amide bonds. The van der Waals surface area contributed by atoms with E-state index in [-0.39, 0.29) is 5.91 Å². The minimum Gasteiger partial charge on any atom is -0.355 e. The van der Waals surface area contributed by atoms with Crippen LogP contribution in [0.25, 0.3) is 0 Å². The molecule has 2 aliphatic rings. The second-order valence-corrected chi connectivity index (χ2v) is 6.07. The van der Waals surface area contributed by atoms with Crippen LogP contribution in [0.3, 0.4) is 0 Å². The Labute approximate surface area is 111 Å². The van der Waals surface area contributed by atoms with Crippen LogP contribution in [0.1, 0.15) is 32.1 Å². The number of hydrogen-bond acceptors (Lipinski definition) is 3. The van der Waals surface area contributed by atoms with Gasteiger partial charge in [0.15, 0.2) is 0 Å². The van der Waals surface area contributed by atoms with Crippen LogP contribution >= 0.6 is 0 Å². The van der Waals surface area contributed by atoms with E-state index in [0.717, 1.165) is 25.6 Å². The highest BCUT2D eigenvalue weighted by Gasteiger charge is 2.32. The number of likely N-dealkylation sites (N-methyl/N-ethyl adjacent to an activating group) is 1. The summed E-state index contributed by atoms with van der Waals surface area (Å²) in [6.07, 6.45) is 5.94. The number of piperidine rings is 1. The van der Waals surface area contributed by atoms with Crippen molar-refractivity contribution in [2.45, 2.75) is 38.1 Å². The Morgan fingerprint density at radius 1 is 1.22 bits per heavy atom. The molecule has 4 nitrogen and oxygen atoms in total. The normalized spacial score (nSPS) is 22.4. The van der Waals surface area contributed by atoms with Crippen LogP contribution in [0.5, 0.6) is 0 Å². The highest BCUT2D eigenvalue weighted by molar-refractivity contribution is 5.76. The van der Waals surface area contributed by atoms with Crippen LogP contribution < -0.4 is 5.32 Å². The number of amides is 1. The van der Waals surface area contributed by atoms with Crippen molar-refractivity contribution >= 4 is 5.91 Å². The molecule has 18 heavy (non-hydrogen) atoms. The lowest BCUT2D eigenvalue weighted by atomic mass is 9.93. The molecular formula is C14H27N3O. The molecule has 2 fully saturated rings. The number of likely N-dealkylation sites (tertiary alicyclic amines) is 1. The molecule has 2 rings (SSSR count). The van der Waals surface area contributed by atoms with Gasteiger partial charge in [0.25, 0.3) is 0 Å². The lowest BCUT2D eigenvalue weighted by Crippen LogP contribution is -2.38. The number of nitrogens with zero attached hydrogens (tertiary/aromatic N) is 2. The number of nitrogens with one attached hydrogen (secondary N) is 1. The Kier molecular flexibility index (Phi) is 5.01. The van der Waals surface area contributed by atoms with Gasteiger partial charge in [-0.1, -0.05) is 0 Å². The van der Waals surface area contributed by atoms with Crippen LogP contribution in [0.15, 0.2) is 0 Å². The first-order chi connectivity index (χ1) is 8.65. The van der Waals surface area contributed by atoms with E-state index in [1.807, 2.05) is 14.1 Å². The summed E-state index contributed by atoms with van der Waals surface area (Å²) in [4.78, 5) is 16.5. The molecular weight excluding hydrogens is 226 g/mol. The average molecular weight is 253 g/mol. The van der Waals surface area contributed by atoms with E-state index in [9.17, 15) is 4.79 Å². The van der Waals surface area contributed by atoms with Crippen molar-refractivity contribution < 1.29 is 4.79 Å².